The summed E-state index contributed by atoms with van der Waals surface area (Å²) in [6, 6.07) is 10.3. The highest BCUT2D eigenvalue weighted by Crippen LogP contribution is 2.32. The summed E-state index contributed by atoms with van der Waals surface area (Å²) in [7, 11) is 0. The molecule has 1 amide bonds. The summed E-state index contributed by atoms with van der Waals surface area (Å²) in [5, 5.41) is 6.81. The highest BCUT2D eigenvalue weighted by Gasteiger charge is 2.10. The molecule has 0 aliphatic rings. The maximum Gasteiger partial charge on any atom is 0.243 e. The predicted molar refractivity (Wildman–Crippen MR) is 105 cm³/mol. The summed E-state index contributed by atoms with van der Waals surface area (Å²) in [6.07, 6.45) is 0. The lowest BCUT2D eigenvalue weighted by molar-refractivity contribution is -0.114. The predicted octanol–water partition coefficient (Wildman–Crippen LogP) is 5.65. The summed E-state index contributed by atoms with van der Waals surface area (Å²) in [4.78, 5) is 12.2. The molecule has 132 valence electrons. The Balaban J connectivity index is 1.99. The number of hydrogen-bond donors (Lipinski definition) is 2. The number of carbonyl (C=O) groups excluding carboxylic acids is 1. The van der Waals surface area contributed by atoms with Crippen LogP contribution in [0.5, 0.6) is 5.75 Å². The van der Waals surface area contributed by atoms with E-state index < -0.39 is 0 Å². The van der Waals surface area contributed by atoms with Crippen LogP contribution in [0.3, 0.4) is 0 Å². The summed E-state index contributed by atoms with van der Waals surface area (Å²) in [6.45, 7) is 6.04. The maximum atomic E-state index is 12.2. The Morgan fingerprint density at radius 3 is 2.48 bits per heavy atom. The van der Waals surface area contributed by atoms with Crippen LogP contribution in [-0.4, -0.2) is 19.1 Å². The van der Waals surface area contributed by atoms with Crippen molar-refractivity contribution in [3.63, 3.8) is 0 Å². The van der Waals surface area contributed by atoms with Crippen molar-refractivity contribution in [3.8, 4) is 5.75 Å². The van der Waals surface area contributed by atoms with E-state index in [0.29, 0.717) is 38.8 Å². The van der Waals surface area contributed by atoms with Gasteiger partial charge >= 0.3 is 0 Å². The number of hydrogen-bond acceptors (Lipinski definition) is 3. The van der Waals surface area contributed by atoms with Gasteiger partial charge in [-0.25, -0.2) is 0 Å². The van der Waals surface area contributed by atoms with E-state index >= 15 is 0 Å². The van der Waals surface area contributed by atoms with Crippen molar-refractivity contribution in [2.45, 2.75) is 6.92 Å². The fourth-order valence-electron chi connectivity index (χ4n) is 1.92. The number of benzene rings is 2. The molecule has 0 aromatic heterocycles. The molecule has 0 saturated carbocycles. The molecule has 0 bridgehead atoms. The SMILES string of the molecule is C=C(C)COc1ccccc1NC(=O)CNc1cc(Cl)c(Cl)cc1Cl. The van der Waals surface area contributed by atoms with E-state index in [1.54, 1.807) is 18.2 Å². The topological polar surface area (TPSA) is 50.4 Å². The molecule has 2 aromatic carbocycles. The lowest BCUT2D eigenvalue weighted by Gasteiger charge is -2.13. The number of para-hydroxylation sites is 2. The highest BCUT2D eigenvalue weighted by atomic mass is 35.5. The normalized spacial score (nSPS) is 10.2. The fourth-order valence-corrected chi connectivity index (χ4v) is 2.54. The molecule has 4 nitrogen and oxygen atoms in total. The number of amides is 1. The lowest BCUT2D eigenvalue weighted by Crippen LogP contribution is -2.22. The Labute approximate surface area is 161 Å². The largest absolute Gasteiger partial charge is 0.487 e. The second-order valence-electron chi connectivity index (χ2n) is 5.39. The van der Waals surface area contributed by atoms with Crippen molar-refractivity contribution < 1.29 is 9.53 Å². The zero-order chi connectivity index (χ0) is 18.4. The van der Waals surface area contributed by atoms with Crippen molar-refractivity contribution in [2.24, 2.45) is 0 Å². The summed E-state index contributed by atoms with van der Waals surface area (Å²) in [5.41, 5.74) is 1.99. The molecular weight excluding hydrogens is 383 g/mol. The van der Waals surface area contributed by atoms with Gasteiger partial charge in [-0.3, -0.25) is 4.79 Å². The van der Waals surface area contributed by atoms with E-state index in [-0.39, 0.29) is 12.5 Å². The summed E-state index contributed by atoms with van der Waals surface area (Å²) < 4.78 is 5.62. The van der Waals surface area contributed by atoms with E-state index in [0.717, 1.165) is 5.57 Å². The average molecular weight is 400 g/mol. The van der Waals surface area contributed by atoms with Gasteiger partial charge in [0.25, 0.3) is 0 Å². The second-order valence-corrected chi connectivity index (χ2v) is 6.61. The van der Waals surface area contributed by atoms with Gasteiger partial charge in [0.1, 0.15) is 12.4 Å². The third-order valence-corrected chi connectivity index (χ3v) is 4.12. The van der Waals surface area contributed by atoms with Crippen LogP contribution in [0.2, 0.25) is 15.1 Å². The van der Waals surface area contributed by atoms with Crippen molar-refractivity contribution in [1.29, 1.82) is 0 Å². The Kier molecular flexibility index (Phi) is 7.00. The van der Waals surface area contributed by atoms with Gasteiger partial charge in [0.2, 0.25) is 5.91 Å². The molecule has 0 saturated heterocycles. The molecular formula is C18H17Cl3N2O2. The van der Waals surface area contributed by atoms with Gasteiger partial charge in [0.15, 0.2) is 0 Å². The number of anilines is 2. The number of ether oxygens (including phenoxy) is 1. The first-order valence-electron chi connectivity index (χ1n) is 7.41. The Bertz CT molecular complexity index is 794. The van der Waals surface area contributed by atoms with Crippen molar-refractivity contribution >= 4 is 52.1 Å². The third kappa shape index (κ3) is 5.85. The monoisotopic (exact) mass is 398 g/mol. The van der Waals surface area contributed by atoms with Gasteiger partial charge in [-0.2, -0.15) is 0 Å². The summed E-state index contributed by atoms with van der Waals surface area (Å²) in [5.74, 6) is 0.319. The first-order chi connectivity index (χ1) is 11.9. The zero-order valence-electron chi connectivity index (χ0n) is 13.5. The van der Waals surface area contributed by atoms with E-state index in [2.05, 4.69) is 17.2 Å². The molecule has 2 N–H and O–H groups in total. The van der Waals surface area contributed by atoms with Crippen LogP contribution in [0.15, 0.2) is 48.6 Å². The zero-order valence-corrected chi connectivity index (χ0v) is 15.8. The van der Waals surface area contributed by atoms with Crippen molar-refractivity contribution in [1.82, 2.24) is 0 Å². The molecule has 25 heavy (non-hydrogen) atoms. The average Bonchev–Trinajstić information content (AvgIpc) is 2.56. The maximum absolute atomic E-state index is 12.2. The molecule has 0 spiro atoms. The van der Waals surface area contributed by atoms with E-state index in [4.69, 9.17) is 39.5 Å². The smallest absolute Gasteiger partial charge is 0.243 e. The second kappa shape index (κ2) is 8.99. The molecule has 0 radical (unpaired) electrons. The van der Waals surface area contributed by atoms with Crippen LogP contribution in [0.1, 0.15) is 6.92 Å². The molecule has 0 atom stereocenters. The Morgan fingerprint density at radius 1 is 1.08 bits per heavy atom. The summed E-state index contributed by atoms with van der Waals surface area (Å²) >= 11 is 17.9. The minimum absolute atomic E-state index is 0.00645. The van der Waals surface area contributed by atoms with Gasteiger partial charge in [-0.05, 0) is 36.8 Å². The quantitative estimate of drug-likeness (QED) is 0.467. The molecule has 7 heteroatoms. The Hall–Kier alpha value is -1.88. The van der Waals surface area contributed by atoms with Crippen LogP contribution in [0.4, 0.5) is 11.4 Å². The lowest BCUT2D eigenvalue weighted by atomic mass is 10.2. The van der Waals surface area contributed by atoms with Crippen molar-refractivity contribution in [3.05, 3.63) is 63.6 Å². The fraction of sp³-hybridized carbons (Fsp3) is 0.167. The highest BCUT2D eigenvalue weighted by molar-refractivity contribution is 6.44. The molecule has 0 aliphatic carbocycles. The van der Waals surface area contributed by atoms with Gasteiger partial charge in [-0.1, -0.05) is 53.5 Å². The van der Waals surface area contributed by atoms with Gasteiger partial charge < -0.3 is 15.4 Å². The van der Waals surface area contributed by atoms with Crippen LogP contribution >= 0.6 is 34.8 Å². The van der Waals surface area contributed by atoms with Crippen LogP contribution in [0.25, 0.3) is 0 Å². The molecule has 2 rings (SSSR count). The number of halogens is 3. The van der Waals surface area contributed by atoms with E-state index in [1.807, 2.05) is 19.1 Å². The van der Waals surface area contributed by atoms with Crippen LogP contribution in [-0.2, 0) is 4.79 Å². The number of nitrogens with one attached hydrogen (secondary N) is 2. The third-order valence-electron chi connectivity index (χ3n) is 3.08. The van der Waals surface area contributed by atoms with E-state index in [9.17, 15) is 4.79 Å². The molecule has 0 heterocycles. The standard InChI is InChI=1S/C18H17Cl3N2O2/c1-11(2)10-25-17-6-4-3-5-15(17)23-18(24)9-22-16-8-13(20)12(19)7-14(16)21/h3-8,22H,1,9-10H2,2H3,(H,23,24). The molecule has 2 aromatic rings. The first-order valence-corrected chi connectivity index (χ1v) is 8.54. The van der Waals surface area contributed by atoms with Crippen molar-refractivity contribution in [2.75, 3.05) is 23.8 Å². The molecule has 0 fully saturated rings. The first kappa shape index (κ1) is 19.4. The van der Waals surface area contributed by atoms with Crippen LogP contribution < -0.4 is 15.4 Å². The Morgan fingerprint density at radius 2 is 1.76 bits per heavy atom. The minimum atomic E-state index is -0.256. The van der Waals surface area contributed by atoms with Gasteiger partial charge in [0.05, 0.1) is 33.0 Å². The van der Waals surface area contributed by atoms with Gasteiger partial charge in [-0.15, -0.1) is 0 Å². The van der Waals surface area contributed by atoms with Crippen LogP contribution in [0, 0.1) is 0 Å². The van der Waals surface area contributed by atoms with E-state index in [1.165, 1.54) is 6.07 Å². The molecule has 0 unspecified atom stereocenters. The number of carbonyl (C=O) groups is 1. The minimum Gasteiger partial charge on any atom is -0.487 e. The molecule has 0 aliphatic heterocycles. The number of rotatable bonds is 7. The van der Waals surface area contributed by atoms with Gasteiger partial charge in [0, 0.05) is 0 Å².